The number of nitrogens with zero attached hydrogens (tertiary/aromatic N) is 13. The highest BCUT2D eigenvalue weighted by Gasteiger charge is 2.30. The lowest BCUT2D eigenvalue weighted by atomic mass is 9.72. The van der Waals surface area contributed by atoms with E-state index in [9.17, 15) is 10.5 Å². The van der Waals surface area contributed by atoms with E-state index in [1.165, 1.54) is 23.2 Å². The summed E-state index contributed by atoms with van der Waals surface area (Å²) in [6.07, 6.45) is 14.0. The van der Waals surface area contributed by atoms with Crippen LogP contribution in [0, 0.1) is 64.6 Å². The van der Waals surface area contributed by atoms with Gasteiger partial charge in [0.05, 0.1) is 46.9 Å². The molecule has 3 aliphatic heterocycles. The fourth-order valence-corrected chi connectivity index (χ4v) is 13.3. The summed E-state index contributed by atoms with van der Waals surface area (Å²) in [7, 11) is 5.50. The lowest BCUT2D eigenvalue weighted by Crippen LogP contribution is -2.47. The molecule has 3 saturated heterocycles. The minimum absolute atomic E-state index is 0. The Morgan fingerprint density at radius 2 is 0.890 bits per heavy atom. The molecular weight excluding hydrogens is 1310 g/mol. The highest BCUT2D eigenvalue weighted by molar-refractivity contribution is 7.13. The molecule has 2 unspecified atom stereocenters. The van der Waals surface area contributed by atoms with E-state index in [0.29, 0.717) is 56.6 Å². The summed E-state index contributed by atoms with van der Waals surface area (Å²) in [5.41, 5.74) is 14.9. The van der Waals surface area contributed by atoms with Crippen molar-refractivity contribution in [2.75, 3.05) is 99.8 Å². The molecule has 3 N–H and O–H groups in total. The van der Waals surface area contributed by atoms with Gasteiger partial charge < -0.3 is 43.9 Å². The molecule has 1 aliphatic carbocycles. The molecule has 11 aromatic rings. The largest absolute Gasteiger partial charge is 0.454 e. The maximum atomic E-state index is 9.69. The number of H-pyrrole nitrogens is 3. The van der Waals surface area contributed by atoms with Crippen molar-refractivity contribution in [2.45, 2.75) is 47.0 Å². The van der Waals surface area contributed by atoms with Crippen LogP contribution in [0.2, 0.25) is 5.02 Å². The van der Waals surface area contributed by atoms with Crippen molar-refractivity contribution >= 4 is 86.1 Å². The highest BCUT2D eigenvalue weighted by atomic mass is 35.5. The molecule has 9 heterocycles. The number of rotatable bonds is 12. The van der Waals surface area contributed by atoms with Crippen LogP contribution in [0.25, 0.3) is 38.7 Å². The molecule has 4 aliphatic rings. The molecule has 6 aromatic heterocycles. The van der Waals surface area contributed by atoms with Crippen molar-refractivity contribution in [3.05, 3.63) is 220 Å². The molecule has 100 heavy (non-hydrogen) atoms. The van der Waals surface area contributed by atoms with Gasteiger partial charge in [0.25, 0.3) is 0 Å². The number of pyridine rings is 3. The average molecular weight is 1390 g/mol. The van der Waals surface area contributed by atoms with Gasteiger partial charge in [0.2, 0.25) is 0 Å². The van der Waals surface area contributed by atoms with Gasteiger partial charge in [-0.25, -0.2) is 15.0 Å². The predicted molar refractivity (Wildman–Crippen MR) is 411 cm³/mol. The number of nitriles is 4. The van der Waals surface area contributed by atoms with Gasteiger partial charge in [-0.1, -0.05) is 68.0 Å². The van der Waals surface area contributed by atoms with Crippen molar-refractivity contribution < 1.29 is 18.5 Å². The minimum Gasteiger partial charge on any atom is -0.454 e. The minimum atomic E-state index is 0. The Hall–Kier alpha value is -10.3. The molecule has 0 radical (unpaired) electrons. The first kappa shape index (κ1) is 69.6. The Kier molecular flexibility index (Phi) is 22.4. The fourth-order valence-electron chi connectivity index (χ4n) is 12.7. The first-order valence-electron chi connectivity index (χ1n) is 33.4. The van der Waals surface area contributed by atoms with E-state index in [2.05, 4.69) is 134 Å². The summed E-state index contributed by atoms with van der Waals surface area (Å²) >= 11 is 6.19. The zero-order valence-electron chi connectivity index (χ0n) is 56.6. The van der Waals surface area contributed by atoms with Gasteiger partial charge in [-0.15, -0.1) is 0 Å². The number of aryl methyl sites for hydroxylation is 2. The molecule has 5 aromatic carbocycles. The van der Waals surface area contributed by atoms with Crippen molar-refractivity contribution in [2.24, 2.45) is 5.41 Å². The first-order valence-corrected chi connectivity index (χ1v) is 34.8. The van der Waals surface area contributed by atoms with Gasteiger partial charge in [-0.2, -0.15) is 21.0 Å². The van der Waals surface area contributed by atoms with Crippen LogP contribution in [0.5, 0.6) is 34.5 Å². The standard InChI is InChI=1S/C33H34ClN5O.C18H18N5OP.C15H11N3O.C12H16N3P.3H2/c1-33(2)11-9-26(30(19-33)23-3-6-27(34)7-4-23)22-38-13-15-39(16-14-38)28-8-5-25(20-35)31(18-28)40-29-17-24-10-12-36-32(24)37-21-29;19-11-14-1-2-15(22-5-7-23(25)8-6-22)10-17(14)24-16-9-13-3-4-20-18(13)21-12-16;1-10-2-3-12(8-16)14(6-10)19-13-7-11-4-5-17-15(11)18-9-13;1-10-8-12(3-2-11(10)9-13)14-4-6-15(16)7-5-14;;;/h3-8,10,12,17-18,21H,9,11,13-16,19,22H2,1-2H3,(H,36,37);1-4,9-10,12H,5-8,25H2,(H,20,21);2-7,9H,1H3,(H,17,18);2-3,8H,4-7,16H2,1H3;3*1H. The van der Waals surface area contributed by atoms with Gasteiger partial charge in [0, 0.05) is 158 Å². The SMILES string of the molecule is CC1(C)CCC(CN2CCN(c3ccc(C#N)c(Oc4cnc5[nH]ccc5c4)c3)CC2)=C(c2ccc(Cl)cc2)C1.Cc1cc(N2CCN(P)CC2)ccc1C#N.Cc1ccc(C#N)c(Oc2cnc3[nH]ccc3c2)c1.N#Cc1ccc(N2CCN(P)CC2)cc1Oc1cnc2[nH]ccc2c1.[HH].[HH].[HH]. The zero-order valence-corrected chi connectivity index (χ0v) is 59.6. The van der Waals surface area contributed by atoms with Crippen LogP contribution in [0.4, 0.5) is 17.1 Å². The van der Waals surface area contributed by atoms with Gasteiger partial charge >= 0.3 is 0 Å². The maximum absolute atomic E-state index is 9.69. The second-order valence-electron chi connectivity index (χ2n) is 26.1. The van der Waals surface area contributed by atoms with E-state index in [4.69, 9.17) is 36.3 Å². The fraction of sp³-hybridized carbons (Fsp3) is 0.269. The number of benzene rings is 5. The first-order chi connectivity index (χ1) is 48.6. The van der Waals surface area contributed by atoms with Crippen LogP contribution in [-0.4, -0.2) is 129 Å². The summed E-state index contributed by atoms with van der Waals surface area (Å²) in [5.74, 6) is 3.53. The van der Waals surface area contributed by atoms with Crippen LogP contribution in [-0.2, 0) is 0 Å². The monoisotopic (exact) mass is 1390 g/mol. The molecule has 0 amide bonds. The summed E-state index contributed by atoms with van der Waals surface area (Å²) < 4.78 is 22.4. The number of halogens is 1. The normalized spacial score (nSPS) is 15.6. The van der Waals surface area contributed by atoms with Gasteiger partial charge in [0.15, 0.2) is 0 Å². The van der Waals surface area contributed by atoms with Crippen LogP contribution in [0.3, 0.4) is 0 Å². The molecule has 19 nitrogen and oxygen atoms in total. The molecule has 0 bridgehead atoms. The second kappa shape index (κ2) is 32.1. The molecule has 15 rings (SSSR count). The third kappa shape index (κ3) is 17.6. The van der Waals surface area contributed by atoms with Crippen molar-refractivity contribution in [3.63, 3.8) is 0 Å². The van der Waals surface area contributed by atoms with E-state index in [1.807, 2.05) is 142 Å². The topological polar surface area (TPSA) is 228 Å². The Labute approximate surface area is 597 Å². The number of nitrogens with one attached hydrogen (secondary N) is 3. The summed E-state index contributed by atoms with van der Waals surface area (Å²) in [4.78, 5) is 31.8. The summed E-state index contributed by atoms with van der Waals surface area (Å²) in [6.45, 7) is 21.7. The Morgan fingerprint density at radius 3 is 1.32 bits per heavy atom. The molecule has 0 saturated carbocycles. The van der Waals surface area contributed by atoms with Crippen LogP contribution in [0.1, 0.15) is 76.3 Å². The third-order valence-electron chi connectivity index (χ3n) is 18.5. The highest BCUT2D eigenvalue weighted by Crippen LogP contribution is 2.44. The number of anilines is 3. The number of hydrogen-bond donors (Lipinski definition) is 3. The van der Waals surface area contributed by atoms with Gasteiger partial charge in [0.1, 0.15) is 69.6 Å². The Bertz CT molecular complexity index is 4920. The number of hydrogen-bond acceptors (Lipinski definition) is 16. The third-order valence-corrected chi connectivity index (χ3v) is 19.7. The second-order valence-corrected chi connectivity index (χ2v) is 28.0. The lowest BCUT2D eigenvalue weighted by molar-refractivity contribution is 0.264. The van der Waals surface area contributed by atoms with E-state index in [-0.39, 0.29) is 4.28 Å². The maximum Gasteiger partial charge on any atom is 0.147 e. The van der Waals surface area contributed by atoms with E-state index in [0.717, 1.165) is 164 Å². The van der Waals surface area contributed by atoms with E-state index < -0.39 is 0 Å². The summed E-state index contributed by atoms with van der Waals surface area (Å²) in [5, 5.41) is 40.8. The number of aromatic amines is 3. The van der Waals surface area contributed by atoms with Gasteiger partial charge in [-0.05, 0) is 164 Å². The van der Waals surface area contributed by atoms with Crippen molar-refractivity contribution in [1.29, 1.82) is 21.0 Å². The molecule has 3 fully saturated rings. The number of fused-ring (bicyclic) bond motifs is 3. The molecular formula is C78H85ClN16O3P2. The molecule has 0 spiro atoms. The van der Waals surface area contributed by atoms with Crippen molar-refractivity contribution in [3.8, 4) is 58.8 Å². The quantitative estimate of drug-likeness (QED) is 0.0966. The van der Waals surface area contributed by atoms with Crippen LogP contribution < -0.4 is 28.9 Å². The summed E-state index contributed by atoms with van der Waals surface area (Å²) in [6, 6.07) is 51.9. The number of piperazine rings is 3. The molecule has 512 valence electrons. The number of ether oxygens (including phenoxy) is 3. The number of allylic oxidation sites excluding steroid dienone is 1. The smallest absolute Gasteiger partial charge is 0.147 e. The van der Waals surface area contributed by atoms with Gasteiger partial charge in [-0.3, -0.25) is 14.2 Å². The van der Waals surface area contributed by atoms with Crippen molar-refractivity contribution in [1.82, 2.24) is 44.1 Å². The Balaban J connectivity index is 0.000000169. The zero-order chi connectivity index (χ0) is 69.7. The lowest BCUT2D eigenvalue weighted by Gasteiger charge is -2.39. The van der Waals surface area contributed by atoms with E-state index in [1.54, 1.807) is 30.2 Å². The average Bonchev–Trinajstić information content (AvgIpc) is 1.57. The molecule has 22 heteroatoms. The molecule has 2 atom stereocenters. The Morgan fingerprint density at radius 1 is 0.490 bits per heavy atom. The van der Waals surface area contributed by atoms with E-state index >= 15 is 0 Å². The number of aromatic nitrogens is 6. The van der Waals surface area contributed by atoms with Crippen LogP contribution in [0.15, 0.2) is 176 Å². The predicted octanol–water partition coefficient (Wildman–Crippen LogP) is 16.9. The van der Waals surface area contributed by atoms with Crippen LogP contribution >= 0.6 is 30.4 Å².